The highest BCUT2D eigenvalue weighted by Crippen LogP contribution is 2.19. The largest absolute Gasteiger partial charge is 0.481 e. The highest BCUT2D eigenvalue weighted by atomic mass is 32.1. The van der Waals surface area contributed by atoms with Crippen molar-refractivity contribution in [1.82, 2.24) is 15.5 Å². The second kappa shape index (κ2) is 12.2. The summed E-state index contributed by atoms with van der Waals surface area (Å²) in [5.74, 6) is -4.63. The van der Waals surface area contributed by atoms with Crippen LogP contribution in [0.2, 0.25) is 0 Å². The maximum Gasteiger partial charge on any atom is 0.326 e. The van der Waals surface area contributed by atoms with Crippen LogP contribution in [-0.4, -0.2) is 81.2 Å². The van der Waals surface area contributed by atoms with Crippen molar-refractivity contribution in [2.24, 2.45) is 5.73 Å². The number of carboxylic acids is 2. The molecule has 180 valence electrons. The molecule has 0 radical (unpaired) electrons. The first-order valence-corrected chi connectivity index (χ1v) is 11.0. The first-order chi connectivity index (χ1) is 15.6. The number of rotatable bonds is 11. The van der Waals surface area contributed by atoms with Crippen molar-refractivity contribution in [3.05, 3.63) is 35.9 Å². The number of hydrogen-bond donors (Lipinski definition) is 6. The molecule has 4 atom stereocenters. The SMILES string of the molecule is NC(CS)C(=O)N1CCCC1C(=O)NC(Cc1ccccc1)C(=O)NC(CC(=O)O)C(=O)O. The molecular formula is C21H28N4O7S. The minimum atomic E-state index is -1.66. The van der Waals surface area contributed by atoms with E-state index in [4.69, 9.17) is 10.8 Å². The van der Waals surface area contributed by atoms with Gasteiger partial charge in [-0.15, -0.1) is 0 Å². The van der Waals surface area contributed by atoms with Gasteiger partial charge in [-0.1, -0.05) is 30.3 Å². The van der Waals surface area contributed by atoms with Crippen LogP contribution in [0.3, 0.4) is 0 Å². The molecule has 1 aliphatic heterocycles. The van der Waals surface area contributed by atoms with E-state index in [1.54, 1.807) is 30.3 Å². The molecule has 1 heterocycles. The van der Waals surface area contributed by atoms with Gasteiger partial charge in [-0.2, -0.15) is 12.6 Å². The first kappa shape index (κ1) is 26.1. The zero-order valence-corrected chi connectivity index (χ0v) is 18.7. The summed E-state index contributed by atoms with van der Waals surface area (Å²) < 4.78 is 0. The van der Waals surface area contributed by atoms with Gasteiger partial charge in [0, 0.05) is 18.7 Å². The summed E-state index contributed by atoms with van der Waals surface area (Å²) in [5, 5.41) is 22.9. The zero-order chi connectivity index (χ0) is 24.5. The number of nitrogens with zero attached hydrogens (tertiary/aromatic N) is 1. The molecule has 4 unspecified atom stereocenters. The van der Waals surface area contributed by atoms with E-state index in [-0.39, 0.29) is 12.2 Å². The lowest BCUT2D eigenvalue weighted by Crippen LogP contribution is -2.57. The Bertz CT molecular complexity index is 883. The predicted octanol–water partition coefficient (Wildman–Crippen LogP) is -0.994. The van der Waals surface area contributed by atoms with Gasteiger partial charge in [-0.25, -0.2) is 4.79 Å². The van der Waals surface area contributed by atoms with Gasteiger partial charge in [-0.3, -0.25) is 19.2 Å². The topological polar surface area (TPSA) is 179 Å². The smallest absolute Gasteiger partial charge is 0.326 e. The summed E-state index contributed by atoms with van der Waals surface area (Å²) in [7, 11) is 0. The molecule has 11 nitrogen and oxygen atoms in total. The van der Waals surface area contributed by atoms with Crippen LogP contribution in [0.4, 0.5) is 0 Å². The van der Waals surface area contributed by atoms with Crippen LogP contribution in [0.15, 0.2) is 30.3 Å². The normalized spacial score (nSPS) is 18.1. The van der Waals surface area contributed by atoms with Gasteiger partial charge in [0.15, 0.2) is 0 Å². The molecule has 0 aliphatic carbocycles. The molecule has 0 aromatic heterocycles. The number of likely N-dealkylation sites (tertiary alicyclic amines) is 1. The fourth-order valence-corrected chi connectivity index (χ4v) is 3.72. The lowest BCUT2D eigenvalue weighted by molar-refractivity contribution is -0.147. The number of benzene rings is 1. The van der Waals surface area contributed by atoms with Crippen molar-refractivity contribution in [3.8, 4) is 0 Å². The predicted molar refractivity (Wildman–Crippen MR) is 120 cm³/mol. The number of nitrogens with two attached hydrogens (primary N) is 1. The van der Waals surface area contributed by atoms with Crippen LogP contribution in [-0.2, 0) is 30.4 Å². The summed E-state index contributed by atoms with van der Waals surface area (Å²) >= 11 is 4.02. The third-order valence-electron chi connectivity index (χ3n) is 5.26. The van der Waals surface area contributed by atoms with E-state index in [0.717, 1.165) is 0 Å². The lowest BCUT2D eigenvalue weighted by Gasteiger charge is -2.28. The fourth-order valence-electron chi connectivity index (χ4n) is 3.57. The van der Waals surface area contributed by atoms with E-state index in [9.17, 15) is 29.1 Å². The average Bonchev–Trinajstić information content (AvgIpc) is 3.27. The van der Waals surface area contributed by atoms with Crippen molar-refractivity contribution in [2.75, 3.05) is 12.3 Å². The van der Waals surface area contributed by atoms with Crippen molar-refractivity contribution < 1.29 is 34.2 Å². The second-order valence-corrected chi connectivity index (χ2v) is 8.09. The summed E-state index contributed by atoms with van der Waals surface area (Å²) in [6.07, 6.45) is 0.180. The zero-order valence-electron chi connectivity index (χ0n) is 17.8. The number of carbonyl (C=O) groups excluding carboxylic acids is 3. The molecule has 2 rings (SSSR count). The Morgan fingerprint density at radius 2 is 1.76 bits per heavy atom. The van der Waals surface area contributed by atoms with Crippen molar-refractivity contribution in [1.29, 1.82) is 0 Å². The van der Waals surface area contributed by atoms with E-state index < -0.39 is 60.2 Å². The Labute approximate surface area is 196 Å². The Kier molecular flexibility index (Phi) is 9.67. The van der Waals surface area contributed by atoms with E-state index in [1.807, 2.05) is 0 Å². The van der Waals surface area contributed by atoms with E-state index in [1.165, 1.54) is 4.90 Å². The van der Waals surface area contributed by atoms with E-state index in [0.29, 0.717) is 24.9 Å². The molecule has 1 saturated heterocycles. The number of carboxylic acid groups (broad SMARTS) is 2. The number of amides is 3. The molecule has 0 bridgehead atoms. The maximum atomic E-state index is 13.0. The van der Waals surface area contributed by atoms with Crippen LogP contribution >= 0.6 is 12.6 Å². The van der Waals surface area contributed by atoms with Gasteiger partial charge < -0.3 is 31.5 Å². The van der Waals surface area contributed by atoms with Crippen molar-refractivity contribution >= 4 is 42.3 Å². The van der Waals surface area contributed by atoms with Gasteiger partial charge in [0.2, 0.25) is 17.7 Å². The number of thiol groups is 1. The van der Waals surface area contributed by atoms with E-state index >= 15 is 0 Å². The van der Waals surface area contributed by atoms with Gasteiger partial charge in [0.1, 0.15) is 18.1 Å². The fraction of sp³-hybridized carbons (Fsp3) is 0.476. The third-order valence-corrected chi connectivity index (χ3v) is 5.65. The molecule has 0 spiro atoms. The molecule has 6 N–H and O–H groups in total. The Balaban J connectivity index is 2.20. The first-order valence-electron chi connectivity index (χ1n) is 10.4. The van der Waals surface area contributed by atoms with Crippen LogP contribution in [0.1, 0.15) is 24.8 Å². The summed E-state index contributed by atoms with van der Waals surface area (Å²) in [6, 6.07) is 4.18. The molecule has 0 saturated carbocycles. The molecule has 1 aromatic carbocycles. The van der Waals surface area contributed by atoms with Crippen LogP contribution < -0.4 is 16.4 Å². The molecule has 3 amide bonds. The Morgan fingerprint density at radius 3 is 2.33 bits per heavy atom. The van der Waals surface area contributed by atoms with Crippen molar-refractivity contribution in [3.63, 3.8) is 0 Å². The summed E-state index contributed by atoms with van der Waals surface area (Å²) in [5.41, 5.74) is 6.46. The minimum Gasteiger partial charge on any atom is -0.481 e. The van der Waals surface area contributed by atoms with Crippen LogP contribution in [0, 0.1) is 0 Å². The molecule has 12 heteroatoms. The lowest BCUT2D eigenvalue weighted by atomic mass is 10.0. The van der Waals surface area contributed by atoms with Gasteiger partial charge in [0.25, 0.3) is 0 Å². The van der Waals surface area contributed by atoms with E-state index in [2.05, 4.69) is 23.3 Å². The van der Waals surface area contributed by atoms with Crippen molar-refractivity contribution in [2.45, 2.75) is 49.9 Å². The summed E-state index contributed by atoms with van der Waals surface area (Å²) in [6.45, 7) is 0.341. The van der Waals surface area contributed by atoms with Gasteiger partial charge in [0.05, 0.1) is 12.5 Å². The Hall–Kier alpha value is -3.12. The van der Waals surface area contributed by atoms with Crippen LogP contribution in [0.25, 0.3) is 0 Å². The second-order valence-electron chi connectivity index (χ2n) is 7.73. The monoisotopic (exact) mass is 480 g/mol. The molecule has 33 heavy (non-hydrogen) atoms. The van der Waals surface area contributed by atoms with Gasteiger partial charge >= 0.3 is 11.9 Å². The quantitative estimate of drug-likeness (QED) is 0.218. The summed E-state index contributed by atoms with van der Waals surface area (Å²) in [4.78, 5) is 62.1. The number of aliphatic carboxylic acids is 2. The number of nitrogens with one attached hydrogen (secondary N) is 2. The molecule has 1 fully saturated rings. The molecule has 1 aliphatic rings. The third kappa shape index (κ3) is 7.46. The Morgan fingerprint density at radius 1 is 1.09 bits per heavy atom. The molecular weight excluding hydrogens is 452 g/mol. The maximum absolute atomic E-state index is 13.0. The standard InChI is InChI=1S/C21H28N4O7S/c22-13(11-33)20(30)25-8-4-7-16(25)19(29)23-14(9-12-5-2-1-3-6-12)18(28)24-15(21(31)32)10-17(26)27/h1-3,5-6,13-16,33H,4,7-11,22H2,(H,23,29)(H,24,28)(H,26,27)(H,31,32). The average molecular weight is 481 g/mol. The highest BCUT2D eigenvalue weighted by molar-refractivity contribution is 7.80. The highest BCUT2D eigenvalue weighted by Gasteiger charge is 2.37. The number of hydrogen-bond acceptors (Lipinski definition) is 7. The number of carbonyl (C=O) groups is 5. The van der Waals surface area contributed by atoms with Gasteiger partial charge in [-0.05, 0) is 18.4 Å². The molecule has 1 aromatic rings. The van der Waals surface area contributed by atoms with Crippen LogP contribution in [0.5, 0.6) is 0 Å². The minimum absolute atomic E-state index is 0.0364.